The van der Waals surface area contributed by atoms with Crippen LogP contribution in [0.15, 0.2) is 22.7 Å². The molecule has 1 amide bonds. The van der Waals surface area contributed by atoms with E-state index in [0.717, 1.165) is 19.4 Å². The maximum atomic E-state index is 13.1. The molecule has 1 N–H and O–H groups in total. The summed E-state index contributed by atoms with van der Waals surface area (Å²) in [6.45, 7) is 1.27. The normalized spacial score (nSPS) is 20.0. The lowest BCUT2D eigenvalue weighted by Crippen LogP contribution is -2.40. The second-order valence-electron chi connectivity index (χ2n) is 4.01. The maximum absolute atomic E-state index is 13.1. The molecular weight excluding hydrogens is 289 g/mol. The van der Waals surface area contributed by atoms with E-state index in [4.69, 9.17) is 4.74 Å². The van der Waals surface area contributed by atoms with Gasteiger partial charge >= 0.3 is 0 Å². The van der Waals surface area contributed by atoms with E-state index in [-0.39, 0.29) is 11.9 Å². The highest BCUT2D eigenvalue weighted by Gasteiger charge is 2.18. The predicted molar refractivity (Wildman–Crippen MR) is 65.4 cm³/mol. The van der Waals surface area contributed by atoms with Gasteiger partial charge in [-0.3, -0.25) is 4.79 Å². The molecule has 2 rings (SSSR count). The van der Waals surface area contributed by atoms with Crippen LogP contribution in [-0.2, 0) is 4.74 Å². The van der Waals surface area contributed by atoms with Crippen molar-refractivity contribution in [3.8, 4) is 0 Å². The van der Waals surface area contributed by atoms with Crippen LogP contribution in [0.25, 0.3) is 0 Å². The zero-order valence-electron chi connectivity index (χ0n) is 9.21. The predicted octanol–water partition coefficient (Wildman–Crippen LogP) is 2.50. The van der Waals surface area contributed by atoms with Gasteiger partial charge in [-0.1, -0.05) is 0 Å². The van der Waals surface area contributed by atoms with Crippen LogP contribution in [0, 0.1) is 5.82 Å². The fourth-order valence-electron chi connectivity index (χ4n) is 1.79. The molecule has 0 bridgehead atoms. The Bertz CT molecular complexity index is 419. The molecule has 3 nitrogen and oxygen atoms in total. The van der Waals surface area contributed by atoms with E-state index >= 15 is 0 Å². The molecule has 0 radical (unpaired) electrons. The molecule has 1 aromatic rings. The number of hydrogen-bond donors (Lipinski definition) is 1. The average molecular weight is 302 g/mol. The molecule has 92 valence electrons. The molecule has 0 aliphatic carbocycles. The van der Waals surface area contributed by atoms with Crippen LogP contribution in [0.4, 0.5) is 4.39 Å². The van der Waals surface area contributed by atoms with E-state index in [1.54, 1.807) is 0 Å². The van der Waals surface area contributed by atoms with E-state index in [1.807, 2.05) is 0 Å². The van der Waals surface area contributed by atoms with Crippen molar-refractivity contribution < 1.29 is 13.9 Å². The molecular formula is C12H13BrFNO2. The van der Waals surface area contributed by atoms with Gasteiger partial charge in [-0.05, 0) is 47.0 Å². The van der Waals surface area contributed by atoms with Gasteiger partial charge < -0.3 is 10.1 Å². The Kier molecular flexibility index (Phi) is 4.12. The van der Waals surface area contributed by atoms with Crippen molar-refractivity contribution in [3.63, 3.8) is 0 Å². The topological polar surface area (TPSA) is 38.3 Å². The van der Waals surface area contributed by atoms with Crippen molar-refractivity contribution in [1.82, 2.24) is 5.32 Å². The summed E-state index contributed by atoms with van der Waals surface area (Å²) in [6, 6.07) is 4.08. The number of carbonyl (C=O) groups excluding carboxylic acids is 1. The molecule has 1 aliphatic heterocycles. The Hall–Kier alpha value is -0.940. The Morgan fingerprint density at radius 2 is 2.35 bits per heavy atom. The summed E-state index contributed by atoms with van der Waals surface area (Å²) in [5, 5.41) is 2.84. The van der Waals surface area contributed by atoms with Crippen LogP contribution < -0.4 is 5.32 Å². The number of benzene rings is 1. The third kappa shape index (κ3) is 3.26. The number of nitrogens with one attached hydrogen (secondary N) is 1. The van der Waals surface area contributed by atoms with Crippen LogP contribution >= 0.6 is 15.9 Å². The molecule has 0 saturated carbocycles. The minimum absolute atomic E-state index is 0.0198. The summed E-state index contributed by atoms with van der Waals surface area (Å²) in [6.07, 6.45) is 1.84. The minimum Gasteiger partial charge on any atom is -0.379 e. The molecule has 17 heavy (non-hydrogen) atoms. The van der Waals surface area contributed by atoms with Gasteiger partial charge in [0.05, 0.1) is 18.2 Å². The van der Waals surface area contributed by atoms with Crippen molar-refractivity contribution in [2.24, 2.45) is 0 Å². The Morgan fingerprint density at radius 3 is 3.06 bits per heavy atom. The zero-order valence-corrected chi connectivity index (χ0v) is 10.8. The van der Waals surface area contributed by atoms with Crippen molar-refractivity contribution in [2.45, 2.75) is 18.9 Å². The number of amides is 1. The van der Waals surface area contributed by atoms with Gasteiger partial charge in [0.2, 0.25) is 0 Å². The monoisotopic (exact) mass is 301 g/mol. The van der Waals surface area contributed by atoms with E-state index in [1.165, 1.54) is 18.2 Å². The quantitative estimate of drug-likeness (QED) is 0.911. The van der Waals surface area contributed by atoms with Crippen LogP contribution in [0.3, 0.4) is 0 Å². The lowest BCUT2D eigenvalue weighted by molar-refractivity contribution is 0.0623. The van der Waals surface area contributed by atoms with Gasteiger partial charge in [-0.25, -0.2) is 4.39 Å². The fraction of sp³-hybridized carbons (Fsp3) is 0.417. The molecule has 1 saturated heterocycles. The van der Waals surface area contributed by atoms with Crippen molar-refractivity contribution >= 4 is 21.8 Å². The minimum atomic E-state index is -0.418. The van der Waals surface area contributed by atoms with Crippen LogP contribution in [0.5, 0.6) is 0 Å². The molecule has 1 aliphatic rings. The van der Waals surface area contributed by atoms with Gasteiger partial charge in [-0.2, -0.15) is 0 Å². The number of ether oxygens (including phenoxy) is 1. The fourth-order valence-corrected chi connectivity index (χ4v) is 2.22. The van der Waals surface area contributed by atoms with Crippen molar-refractivity contribution in [3.05, 3.63) is 34.1 Å². The summed E-state index contributed by atoms with van der Waals surface area (Å²) in [7, 11) is 0. The van der Waals surface area contributed by atoms with Gasteiger partial charge in [0.1, 0.15) is 5.82 Å². The lowest BCUT2D eigenvalue weighted by atomic mass is 10.1. The first kappa shape index (κ1) is 12.5. The summed E-state index contributed by atoms with van der Waals surface area (Å²) in [4.78, 5) is 11.9. The van der Waals surface area contributed by atoms with E-state index in [0.29, 0.717) is 16.6 Å². The van der Waals surface area contributed by atoms with Crippen molar-refractivity contribution in [1.29, 1.82) is 0 Å². The third-order valence-corrected chi connectivity index (χ3v) is 3.36. The molecule has 1 aromatic carbocycles. The summed E-state index contributed by atoms with van der Waals surface area (Å²) in [5.74, 6) is -0.690. The third-order valence-electron chi connectivity index (χ3n) is 2.67. The number of rotatable bonds is 2. The molecule has 1 heterocycles. The first-order valence-electron chi connectivity index (χ1n) is 5.50. The molecule has 0 aromatic heterocycles. The SMILES string of the molecule is O=C(NC1CCCOC1)c1cc(F)ccc1Br. The maximum Gasteiger partial charge on any atom is 0.252 e. The summed E-state index contributed by atoms with van der Waals surface area (Å²) < 4.78 is 18.9. The van der Waals surface area contributed by atoms with Crippen molar-refractivity contribution in [2.75, 3.05) is 13.2 Å². The lowest BCUT2D eigenvalue weighted by Gasteiger charge is -2.23. The number of carbonyl (C=O) groups is 1. The molecule has 0 spiro atoms. The number of halogens is 2. The Labute approximate surface area is 107 Å². The molecule has 1 atom stereocenters. The summed E-state index contributed by atoms with van der Waals surface area (Å²) >= 11 is 3.24. The standard InChI is InChI=1S/C12H13BrFNO2/c13-11-4-3-8(14)6-10(11)12(16)15-9-2-1-5-17-7-9/h3-4,6,9H,1-2,5,7H2,(H,15,16). The van der Waals surface area contributed by atoms with Crippen LogP contribution in [0.2, 0.25) is 0 Å². The van der Waals surface area contributed by atoms with Gasteiger partial charge in [0.25, 0.3) is 5.91 Å². The number of hydrogen-bond acceptors (Lipinski definition) is 2. The molecule has 1 fully saturated rings. The van der Waals surface area contributed by atoms with Gasteiger partial charge in [0.15, 0.2) is 0 Å². The highest BCUT2D eigenvalue weighted by atomic mass is 79.9. The highest BCUT2D eigenvalue weighted by Crippen LogP contribution is 2.18. The Morgan fingerprint density at radius 1 is 1.53 bits per heavy atom. The smallest absolute Gasteiger partial charge is 0.252 e. The first-order valence-corrected chi connectivity index (χ1v) is 6.30. The highest BCUT2D eigenvalue weighted by molar-refractivity contribution is 9.10. The zero-order chi connectivity index (χ0) is 12.3. The average Bonchev–Trinajstić information content (AvgIpc) is 2.33. The second-order valence-corrected chi connectivity index (χ2v) is 4.87. The van der Waals surface area contributed by atoms with Gasteiger partial charge in [-0.15, -0.1) is 0 Å². The molecule has 1 unspecified atom stereocenters. The molecule has 5 heteroatoms. The van der Waals surface area contributed by atoms with E-state index < -0.39 is 5.82 Å². The second kappa shape index (κ2) is 5.60. The van der Waals surface area contributed by atoms with Crippen LogP contribution in [-0.4, -0.2) is 25.2 Å². The Balaban J connectivity index is 2.05. The largest absolute Gasteiger partial charge is 0.379 e. The van der Waals surface area contributed by atoms with E-state index in [9.17, 15) is 9.18 Å². The van der Waals surface area contributed by atoms with E-state index in [2.05, 4.69) is 21.2 Å². The first-order chi connectivity index (χ1) is 8.16. The van der Waals surface area contributed by atoms with Crippen LogP contribution in [0.1, 0.15) is 23.2 Å². The van der Waals surface area contributed by atoms with Gasteiger partial charge in [0, 0.05) is 11.1 Å². The summed E-state index contributed by atoms with van der Waals surface area (Å²) in [5.41, 5.74) is 0.315.